The molecule has 3 heterocycles. The summed E-state index contributed by atoms with van der Waals surface area (Å²) in [5.41, 5.74) is 0.297. The maximum Gasteiger partial charge on any atom is 0.282 e. The minimum Gasteiger partial charge on any atom is -0.348 e. The highest BCUT2D eigenvalue weighted by Crippen LogP contribution is 2.37. The lowest BCUT2D eigenvalue weighted by Gasteiger charge is -2.33. The van der Waals surface area contributed by atoms with Gasteiger partial charge in [-0.15, -0.1) is 0 Å². The predicted molar refractivity (Wildman–Crippen MR) is 68.9 cm³/mol. The van der Waals surface area contributed by atoms with Crippen LogP contribution in [-0.2, 0) is 16.9 Å². The maximum atomic E-state index is 12.4. The summed E-state index contributed by atoms with van der Waals surface area (Å²) in [5, 5.41) is 7.26. The van der Waals surface area contributed by atoms with Crippen molar-refractivity contribution >= 4 is 5.91 Å². The van der Waals surface area contributed by atoms with Gasteiger partial charge in [-0.1, -0.05) is 0 Å². The van der Waals surface area contributed by atoms with E-state index in [1.807, 2.05) is 10.7 Å². The number of hydrogen-bond donors (Lipinski definition) is 1. The van der Waals surface area contributed by atoms with Crippen LogP contribution in [0, 0.1) is 6.57 Å². The Hall–Kier alpha value is -1.87. The fraction of sp³-hybridized carbons (Fsp3) is 0.615. The van der Waals surface area contributed by atoms with E-state index in [4.69, 9.17) is 6.57 Å². The molecular weight excluding hydrogens is 242 g/mol. The number of aromatic nitrogens is 2. The van der Waals surface area contributed by atoms with Gasteiger partial charge in [0.1, 0.15) is 0 Å². The van der Waals surface area contributed by atoms with Crippen molar-refractivity contribution in [2.24, 2.45) is 0 Å². The Morgan fingerprint density at radius 2 is 2.42 bits per heavy atom. The van der Waals surface area contributed by atoms with Gasteiger partial charge in [-0.25, -0.2) is 11.5 Å². The van der Waals surface area contributed by atoms with E-state index in [1.165, 1.54) is 0 Å². The highest BCUT2D eigenvalue weighted by atomic mass is 16.2. The Morgan fingerprint density at radius 3 is 3.05 bits per heavy atom. The van der Waals surface area contributed by atoms with Crippen molar-refractivity contribution in [1.82, 2.24) is 20.0 Å². The fourth-order valence-electron chi connectivity index (χ4n) is 3.14. The largest absolute Gasteiger partial charge is 0.348 e. The third kappa shape index (κ3) is 1.58. The molecule has 100 valence electrons. The molecular formula is C13H17N5O. The summed E-state index contributed by atoms with van der Waals surface area (Å²) in [6.07, 6.45) is 1.98. The zero-order chi connectivity index (χ0) is 13.6. The average Bonchev–Trinajstić information content (AvgIpc) is 3.00. The number of rotatable bonds is 1. The van der Waals surface area contributed by atoms with Crippen molar-refractivity contribution in [3.8, 4) is 0 Å². The van der Waals surface area contributed by atoms with E-state index >= 15 is 0 Å². The normalized spacial score (nSPS) is 30.4. The molecule has 1 amide bonds. The van der Waals surface area contributed by atoms with Gasteiger partial charge in [0.25, 0.3) is 6.17 Å². The summed E-state index contributed by atoms with van der Waals surface area (Å²) < 4.78 is 1.83. The number of fused-ring (bicyclic) bond motifs is 2. The molecule has 1 spiro atoms. The summed E-state index contributed by atoms with van der Waals surface area (Å²) in [5.74, 6) is -0.0134. The van der Waals surface area contributed by atoms with Crippen molar-refractivity contribution in [2.45, 2.75) is 44.6 Å². The van der Waals surface area contributed by atoms with E-state index in [0.29, 0.717) is 19.5 Å². The van der Waals surface area contributed by atoms with Gasteiger partial charge >= 0.3 is 0 Å². The number of carbonyl (C=O) groups excluding carboxylic acids is 1. The molecule has 1 aromatic rings. The van der Waals surface area contributed by atoms with E-state index in [9.17, 15) is 4.79 Å². The number of amides is 1. The highest BCUT2D eigenvalue weighted by molar-refractivity contribution is 5.86. The summed E-state index contributed by atoms with van der Waals surface area (Å²) in [7, 11) is 0. The summed E-state index contributed by atoms with van der Waals surface area (Å²) >= 11 is 0. The number of nitrogens with one attached hydrogen (secondary N) is 1. The second-order valence-corrected chi connectivity index (χ2v) is 5.53. The Kier molecular flexibility index (Phi) is 2.61. The Morgan fingerprint density at radius 1 is 1.63 bits per heavy atom. The first-order chi connectivity index (χ1) is 9.08. The molecule has 2 aliphatic rings. The van der Waals surface area contributed by atoms with Crippen LogP contribution in [0.3, 0.4) is 0 Å². The fourth-order valence-corrected chi connectivity index (χ4v) is 3.14. The topological polar surface area (TPSA) is 54.5 Å². The standard InChI is InChI=1S/C13H17N5O/c1-9(2)17-8-13(6-11(17)14-3)12(19)15-7-10-4-5-16-18(10)13/h4-5,9,11H,6-8H2,1-2H3,(H,15,19)/t11-,13+/m0/s1. The summed E-state index contributed by atoms with van der Waals surface area (Å²) in [4.78, 5) is 18.2. The van der Waals surface area contributed by atoms with Gasteiger partial charge in [0.05, 0.1) is 18.7 Å². The SMILES string of the molecule is [C-]#[N+][C@@H]1C[C@@]2(CN1C(C)C)C(=O)NCc1ccnn12. The Balaban J connectivity index is 2.06. The molecule has 2 aliphatic heterocycles. The van der Waals surface area contributed by atoms with Gasteiger partial charge in [0, 0.05) is 18.8 Å². The van der Waals surface area contributed by atoms with Crippen molar-refractivity contribution < 1.29 is 4.79 Å². The molecule has 0 saturated carbocycles. The molecule has 0 unspecified atom stereocenters. The van der Waals surface area contributed by atoms with Gasteiger partial charge < -0.3 is 5.32 Å². The molecule has 1 aromatic heterocycles. The first-order valence-electron chi connectivity index (χ1n) is 6.52. The molecule has 1 N–H and O–H groups in total. The van der Waals surface area contributed by atoms with Crippen molar-refractivity contribution in [3.05, 3.63) is 29.4 Å². The van der Waals surface area contributed by atoms with Gasteiger partial charge in [-0.3, -0.25) is 14.3 Å². The van der Waals surface area contributed by atoms with Crippen LogP contribution in [0.2, 0.25) is 0 Å². The number of hydrogen-bond acceptors (Lipinski definition) is 3. The quantitative estimate of drug-likeness (QED) is 0.750. The lowest BCUT2D eigenvalue weighted by Crippen LogP contribution is -2.55. The van der Waals surface area contributed by atoms with Crippen LogP contribution in [0.1, 0.15) is 26.0 Å². The molecule has 3 rings (SSSR count). The first kappa shape index (κ1) is 12.2. The van der Waals surface area contributed by atoms with E-state index in [-0.39, 0.29) is 18.1 Å². The van der Waals surface area contributed by atoms with Gasteiger partial charge in [0.2, 0.25) is 5.91 Å². The minimum absolute atomic E-state index is 0.0134. The number of likely N-dealkylation sites (tertiary alicyclic amines) is 1. The lowest BCUT2D eigenvalue weighted by molar-refractivity contribution is -0.131. The van der Waals surface area contributed by atoms with E-state index in [1.54, 1.807) is 6.20 Å². The maximum absolute atomic E-state index is 12.4. The minimum atomic E-state index is -0.712. The first-order valence-corrected chi connectivity index (χ1v) is 6.52. The summed E-state index contributed by atoms with van der Waals surface area (Å²) in [6.45, 7) is 12.5. The van der Waals surface area contributed by atoms with Crippen molar-refractivity contribution in [3.63, 3.8) is 0 Å². The van der Waals surface area contributed by atoms with E-state index in [2.05, 4.69) is 34.0 Å². The molecule has 0 aromatic carbocycles. The number of nitrogens with zero attached hydrogens (tertiary/aromatic N) is 4. The van der Waals surface area contributed by atoms with Crippen LogP contribution < -0.4 is 5.32 Å². The van der Waals surface area contributed by atoms with E-state index < -0.39 is 5.54 Å². The monoisotopic (exact) mass is 259 g/mol. The van der Waals surface area contributed by atoms with Gasteiger partial charge in [0.15, 0.2) is 5.54 Å². The second-order valence-electron chi connectivity index (χ2n) is 5.53. The predicted octanol–water partition coefficient (Wildman–Crippen LogP) is 0.568. The van der Waals surface area contributed by atoms with Gasteiger partial charge in [-0.05, 0) is 19.9 Å². The number of carbonyl (C=O) groups is 1. The molecule has 6 nitrogen and oxygen atoms in total. The second kappa shape index (κ2) is 4.07. The van der Waals surface area contributed by atoms with Crippen LogP contribution in [-0.4, -0.2) is 39.3 Å². The van der Waals surface area contributed by atoms with Crippen LogP contribution in [0.5, 0.6) is 0 Å². The zero-order valence-electron chi connectivity index (χ0n) is 11.1. The molecule has 19 heavy (non-hydrogen) atoms. The highest BCUT2D eigenvalue weighted by Gasteiger charge is 2.56. The summed E-state index contributed by atoms with van der Waals surface area (Å²) in [6, 6.07) is 2.17. The average molecular weight is 259 g/mol. The van der Waals surface area contributed by atoms with Crippen LogP contribution in [0.25, 0.3) is 4.85 Å². The third-order valence-corrected chi connectivity index (χ3v) is 4.14. The van der Waals surface area contributed by atoms with Crippen molar-refractivity contribution in [1.29, 1.82) is 0 Å². The molecule has 6 heteroatoms. The molecule has 0 radical (unpaired) electrons. The Labute approximate surface area is 112 Å². The zero-order valence-corrected chi connectivity index (χ0v) is 11.1. The molecule has 2 atom stereocenters. The third-order valence-electron chi connectivity index (χ3n) is 4.14. The lowest BCUT2D eigenvalue weighted by atomic mass is 9.94. The van der Waals surface area contributed by atoms with Crippen LogP contribution in [0.4, 0.5) is 0 Å². The van der Waals surface area contributed by atoms with Crippen LogP contribution in [0.15, 0.2) is 12.3 Å². The van der Waals surface area contributed by atoms with Gasteiger partial charge in [-0.2, -0.15) is 5.10 Å². The molecule has 0 bridgehead atoms. The van der Waals surface area contributed by atoms with Crippen LogP contribution >= 0.6 is 0 Å². The smallest absolute Gasteiger partial charge is 0.282 e. The Bertz CT molecular complexity index is 558. The molecule has 1 fully saturated rings. The van der Waals surface area contributed by atoms with E-state index in [0.717, 1.165) is 5.69 Å². The molecule has 1 saturated heterocycles. The molecule has 0 aliphatic carbocycles. The van der Waals surface area contributed by atoms with Crippen molar-refractivity contribution in [2.75, 3.05) is 6.54 Å².